The van der Waals surface area contributed by atoms with Gasteiger partial charge < -0.3 is 9.47 Å². The van der Waals surface area contributed by atoms with Crippen molar-refractivity contribution in [1.82, 2.24) is 5.01 Å². The van der Waals surface area contributed by atoms with Gasteiger partial charge in [-0.25, -0.2) is 9.40 Å². The third-order valence-electron chi connectivity index (χ3n) is 6.57. The highest BCUT2D eigenvalue weighted by atomic mass is 19.1. The molecule has 4 aromatic rings. The van der Waals surface area contributed by atoms with Crippen molar-refractivity contribution in [3.63, 3.8) is 0 Å². The van der Waals surface area contributed by atoms with Crippen LogP contribution in [0.5, 0.6) is 11.5 Å². The zero-order valence-corrected chi connectivity index (χ0v) is 19.4. The molecule has 0 fully saturated rings. The summed E-state index contributed by atoms with van der Waals surface area (Å²) in [7, 11) is 0. The maximum Gasteiger partial charge on any atom is 0.213 e. The number of halogens is 1. The number of ether oxygens (including phenoxy) is 2. The SMILES string of the molecule is Cc1ccc(C2=NN3[C@@H](c4ccc(OCc5ccc(F)cc5)cc4)Oc4ccccc4[C@@H]3C2)cc1. The Morgan fingerprint density at radius 1 is 0.914 bits per heavy atom. The lowest BCUT2D eigenvalue weighted by Crippen LogP contribution is -2.33. The van der Waals surface area contributed by atoms with Crippen LogP contribution in [-0.2, 0) is 6.61 Å². The third kappa shape index (κ3) is 4.26. The molecule has 0 amide bonds. The van der Waals surface area contributed by atoms with Crippen LogP contribution in [0.15, 0.2) is 102 Å². The summed E-state index contributed by atoms with van der Waals surface area (Å²) >= 11 is 0. The summed E-state index contributed by atoms with van der Waals surface area (Å²) in [5, 5.41) is 7.12. The van der Waals surface area contributed by atoms with Crippen LogP contribution in [0.25, 0.3) is 0 Å². The van der Waals surface area contributed by atoms with Crippen molar-refractivity contribution in [1.29, 1.82) is 0 Å². The van der Waals surface area contributed by atoms with Crippen LogP contribution < -0.4 is 9.47 Å². The van der Waals surface area contributed by atoms with Crippen molar-refractivity contribution in [2.75, 3.05) is 0 Å². The van der Waals surface area contributed by atoms with Crippen LogP contribution in [0.3, 0.4) is 0 Å². The molecule has 174 valence electrons. The molecule has 0 spiro atoms. The maximum atomic E-state index is 13.1. The summed E-state index contributed by atoms with van der Waals surface area (Å²) in [6.45, 7) is 2.47. The zero-order valence-electron chi connectivity index (χ0n) is 19.4. The second kappa shape index (κ2) is 8.91. The fraction of sp³-hybridized carbons (Fsp3) is 0.167. The zero-order chi connectivity index (χ0) is 23.8. The minimum absolute atomic E-state index is 0.121. The number of benzene rings is 4. The van der Waals surface area contributed by atoms with Crippen molar-refractivity contribution in [2.24, 2.45) is 5.10 Å². The second-order valence-corrected chi connectivity index (χ2v) is 9.00. The van der Waals surface area contributed by atoms with Gasteiger partial charge in [0.2, 0.25) is 6.23 Å². The van der Waals surface area contributed by atoms with E-state index in [2.05, 4.69) is 48.3 Å². The number of nitrogens with zero attached hydrogens (tertiary/aromatic N) is 2. The van der Waals surface area contributed by atoms with Crippen molar-refractivity contribution >= 4 is 5.71 Å². The lowest BCUT2D eigenvalue weighted by Gasteiger charge is -2.38. The molecule has 0 saturated heterocycles. The van der Waals surface area contributed by atoms with Gasteiger partial charge in [-0.3, -0.25) is 0 Å². The first-order valence-corrected chi connectivity index (χ1v) is 11.8. The average molecular weight is 465 g/mol. The Kier molecular flexibility index (Phi) is 5.45. The molecule has 0 bridgehead atoms. The molecule has 4 nitrogen and oxygen atoms in total. The highest BCUT2D eigenvalue weighted by molar-refractivity contribution is 6.02. The number of fused-ring (bicyclic) bond motifs is 3. The first kappa shape index (κ1) is 21.4. The van der Waals surface area contributed by atoms with Crippen molar-refractivity contribution in [3.8, 4) is 11.5 Å². The molecule has 2 atom stereocenters. The number of para-hydroxylation sites is 1. The van der Waals surface area contributed by atoms with E-state index < -0.39 is 0 Å². The third-order valence-corrected chi connectivity index (χ3v) is 6.57. The average Bonchev–Trinajstić information content (AvgIpc) is 3.34. The van der Waals surface area contributed by atoms with Gasteiger partial charge in [0.15, 0.2) is 0 Å². The van der Waals surface area contributed by atoms with E-state index in [4.69, 9.17) is 14.6 Å². The van der Waals surface area contributed by atoms with E-state index >= 15 is 0 Å². The standard InChI is InChI=1S/C30H25FN2O2/c1-20-6-10-22(11-7-20)27-18-28-26-4-2-3-5-29(26)35-30(33(28)32-27)23-12-16-25(17-13-23)34-19-21-8-14-24(31)15-9-21/h2-17,28,30H,18-19H2,1H3/t28-,30+/m0/s1. The molecule has 2 aliphatic rings. The molecule has 5 heteroatoms. The molecule has 0 aromatic heterocycles. The summed E-state index contributed by atoms with van der Waals surface area (Å²) in [6, 6.07) is 31.2. The Morgan fingerprint density at radius 3 is 2.43 bits per heavy atom. The molecule has 2 heterocycles. The van der Waals surface area contributed by atoms with E-state index in [9.17, 15) is 4.39 Å². The van der Waals surface area contributed by atoms with Gasteiger partial charge in [-0.15, -0.1) is 0 Å². The Morgan fingerprint density at radius 2 is 1.66 bits per heavy atom. The molecule has 6 rings (SSSR count). The quantitative estimate of drug-likeness (QED) is 0.320. The molecule has 0 unspecified atom stereocenters. The van der Waals surface area contributed by atoms with Crippen LogP contribution in [0.2, 0.25) is 0 Å². The Labute approximate surface area is 204 Å². The minimum Gasteiger partial charge on any atom is -0.489 e. The predicted molar refractivity (Wildman–Crippen MR) is 134 cm³/mol. The van der Waals surface area contributed by atoms with Crippen molar-refractivity contribution < 1.29 is 13.9 Å². The van der Waals surface area contributed by atoms with Gasteiger partial charge in [0.1, 0.15) is 23.9 Å². The van der Waals surface area contributed by atoms with Gasteiger partial charge in [-0.2, -0.15) is 5.10 Å². The molecular formula is C30H25FN2O2. The van der Waals surface area contributed by atoms with Gasteiger partial charge in [-0.05, 0) is 60.5 Å². The monoisotopic (exact) mass is 464 g/mol. The van der Waals surface area contributed by atoms with E-state index in [0.717, 1.165) is 45.9 Å². The molecular weight excluding hydrogens is 439 g/mol. The van der Waals surface area contributed by atoms with E-state index in [1.165, 1.54) is 17.7 Å². The molecule has 0 radical (unpaired) electrons. The Balaban J connectivity index is 1.26. The van der Waals surface area contributed by atoms with Crippen LogP contribution in [0, 0.1) is 12.7 Å². The largest absolute Gasteiger partial charge is 0.489 e. The summed E-state index contributed by atoms with van der Waals surface area (Å²) in [6.07, 6.45) is 0.503. The number of hydrogen-bond acceptors (Lipinski definition) is 4. The van der Waals surface area contributed by atoms with Crippen LogP contribution in [0.4, 0.5) is 4.39 Å². The van der Waals surface area contributed by atoms with Gasteiger partial charge in [0.25, 0.3) is 0 Å². The molecule has 0 N–H and O–H groups in total. The lowest BCUT2D eigenvalue weighted by atomic mass is 9.95. The lowest BCUT2D eigenvalue weighted by molar-refractivity contribution is -0.0190. The van der Waals surface area contributed by atoms with Crippen molar-refractivity contribution in [3.05, 3.63) is 131 Å². The normalized spacial score (nSPS) is 18.3. The van der Waals surface area contributed by atoms with Gasteiger partial charge >= 0.3 is 0 Å². The van der Waals surface area contributed by atoms with E-state index in [1.807, 2.05) is 36.4 Å². The molecule has 4 aromatic carbocycles. The molecule has 2 aliphatic heterocycles. The first-order valence-electron chi connectivity index (χ1n) is 11.8. The van der Waals surface area contributed by atoms with E-state index in [0.29, 0.717) is 6.61 Å². The Hall–Kier alpha value is -4.12. The first-order chi connectivity index (χ1) is 17.1. The minimum atomic E-state index is -0.330. The molecule has 0 saturated carbocycles. The predicted octanol–water partition coefficient (Wildman–Crippen LogP) is 6.96. The van der Waals surface area contributed by atoms with Gasteiger partial charge in [0.05, 0.1) is 11.8 Å². The highest BCUT2D eigenvalue weighted by Crippen LogP contribution is 2.47. The number of aryl methyl sites for hydroxylation is 1. The van der Waals surface area contributed by atoms with Crippen molar-refractivity contribution in [2.45, 2.75) is 32.2 Å². The summed E-state index contributed by atoms with van der Waals surface area (Å²) in [4.78, 5) is 0. The molecule has 0 aliphatic carbocycles. The second-order valence-electron chi connectivity index (χ2n) is 9.00. The fourth-order valence-electron chi connectivity index (χ4n) is 4.65. The summed E-state index contributed by atoms with van der Waals surface area (Å²) < 4.78 is 25.5. The van der Waals surface area contributed by atoms with Crippen LogP contribution >= 0.6 is 0 Å². The van der Waals surface area contributed by atoms with Gasteiger partial charge in [0, 0.05) is 17.5 Å². The molecule has 35 heavy (non-hydrogen) atoms. The summed E-state index contributed by atoms with van der Waals surface area (Å²) in [5.41, 5.74) is 6.53. The highest BCUT2D eigenvalue weighted by Gasteiger charge is 2.40. The van der Waals surface area contributed by atoms with Crippen LogP contribution in [-0.4, -0.2) is 10.7 Å². The number of hydrogen-bond donors (Lipinski definition) is 0. The van der Waals surface area contributed by atoms with Gasteiger partial charge in [-0.1, -0.05) is 60.2 Å². The Bertz CT molecular complexity index is 1370. The van der Waals surface area contributed by atoms with E-state index in [-0.39, 0.29) is 18.1 Å². The topological polar surface area (TPSA) is 34.1 Å². The number of hydrazone groups is 1. The summed E-state index contributed by atoms with van der Waals surface area (Å²) in [5.74, 6) is 1.40. The number of rotatable bonds is 5. The smallest absolute Gasteiger partial charge is 0.213 e. The van der Waals surface area contributed by atoms with Crippen LogP contribution in [0.1, 0.15) is 46.5 Å². The maximum absolute atomic E-state index is 13.1. The van der Waals surface area contributed by atoms with E-state index in [1.54, 1.807) is 12.1 Å². The fourth-order valence-corrected chi connectivity index (χ4v) is 4.65.